The lowest BCUT2D eigenvalue weighted by molar-refractivity contribution is -0.139. The number of imidazole rings is 1. The molecular formula is C16H26N4O2. The zero-order valence-electron chi connectivity index (χ0n) is 13.5. The standard InChI is InChI=1S/C16H26N4O2/c1-11-12(2)20-6-5-19(10-15(20)18-11)16(21)14(9-17)13-3-7-22-8-4-13/h13-14H,3-10,17H2,1-2H3. The van der Waals surface area contributed by atoms with Crippen molar-refractivity contribution in [2.75, 3.05) is 26.3 Å². The Hall–Kier alpha value is -1.40. The Morgan fingerprint density at radius 2 is 2.09 bits per heavy atom. The molecule has 0 spiro atoms. The second kappa shape index (κ2) is 6.38. The quantitative estimate of drug-likeness (QED) is 0.898. The lowest BCUT2D eigenvalue weighted by Gasteiger charge is -2.35. The monoisotopic (exact) mass is 306 g/mol. The highest BCUT2D eigenvalue weighted by atomic mass is 16.5. The van der Waals surface area contributed by atoms with Crippen LogP contribution in [0.15, 0.2) is 0 Å². The fourth-order valence-corrected chi connectivity index (χ4v) is 3.65. The van der Waals surface area contributed by atoms with E-state index in [0.717, 1.165) is 50.7 Å². The summed E-state index contributed by atoms with van der Waals surface area (Å²) in [5.41, 5.74) is 8.19. The number of carbonyl (C=O) groups excluding carboxylic acids is 1. The number of aromatic nitrogens is 2. The minimum atomic E-state index is -0.0763. The van der Waals surface area contributed by atoms with E-state index in [1.54, 1.807) is 0 Å². The second-order valence-electron chi connectivity index (χ2n) is 6.40. The van der Waals surface area contributed by atoms with Crippen LogP contribution in [0.25, 0.3) is 0 Å². The Bertz CT molecular complexity index is 549. The van der Waals surface area contributed by atoms with Crippen molar-refractivity contribution in [1.82, 2.24) is 14.5 Å². The molecule has 3 rings (SSSR count). The number of rotatable bonds is 3. The molecule has 2 aliphatic heterocycles. The van der Waals surface area contributed by atoms with Crippen molar-refractivity contribution in [3.63, 3.8) is 0 Å². The van der Waals surface area contributed by atoms with E-state index in [0.29, 0.717) is 19.0 Å². The first-order valence-corrected chi connectivity index (χ1v) is 8.21. The predicted octanol–water partition coefficient (Wildman–Crippen LogP) is 0.844. The molecule has 22 heavy (non-hydrogen) atoms. The van der Waals surface area contributed by atoms with Crippen LogP contribution in [-0.2, 0) is 22.6 Å². The van der Waals surface area contributed by atoms with E-state index >= 15 is 0 Å². The van der Waals surface area contributed by atoms with Gasteiger partial charge in [-0.2, -0.15) is 0 Å². The molecule has 1 aromatic heterocycles. The highest BCUT2D eigenvalue weighted by Gasteiger charge is 2.33. The van der Waals surface area contributed by atoms with E-state index in [1.807, 2.05) is 11.8 Å². The topological polar surface area (TPSA) is 73.4 Å². The molecular weight excluding hydrogens is 280 g/mol. The summed E-state index contributed by atoms with van der Waals surface area (Å²) in [4.78, 5) is 19.4. The number of carbonyl (C=O) groups is 1. The zero-order valence-corrected chi connectivity index (χ0v) is 13.5. The highest BCUT2D eigenvalue weighted by Crippen LogP contribution is 2.26. The van der Waals surface area contributed by atoms with Gasteiger partial charge in [-0.05, 0) is 32.6 Å². The van der Waals surface area contributed by atoms with E-state index < -0.39 is 0 Å². The van der Waals surface area contributed by atoms with Crippen molar-refractivity contribution < 1.29 is 9.53 Å². The lowest BCUT2D eigenvalue weighted by atomic mass is 9.85. The minimum Gasteiger partial charge on any atom is -0.381 e. The summed E-state index contributed by atoms with van der Waals surface area (Å²) in [6, 6.07) is 0. The molecule has 1 atom stereocenters. The zero-order chi connectivity index (χ0) is 15.7. The maximum Gasteiger partial charge on any atom is 0.227 e. The van der Waals surface area contributed by atoms with Crippen molar-refractivity contribution in [2.45, 2.75) is 39.8 Å². The molecule has 0 radical (unpaired) electrons. The molecule has 0 aromatic carbocycles. The van der Waals surface area contributed by atoms with Crippen LogP contribution < -0.4 is 5.73 Å². The molecule has 1 fully saturated rings. The molecule has 1 aromatic rings. The van der Waals surface area contributed by atoms with Gasteiger partial charge >= 0.3 is 0 Å². The molecule has 1 amide bonds. The van der Waals surface area contributed by atoms with Crippen LogP contribution in [0.1, 0.15) is 30.1 Å². The molecule has 122 valence electrons. The van der Waals surface area contributed by atoms with E-state index in [4.69, 9.17) is 10.5 Å². The van der Waals surface area contributed by atoms with Gasteiger partial charge in [0.1, 0.15) is 5.82 Å². The van der Waals surface area contributed by atoms with Crippen molar-refractivity contribution in [3.05, 3.63) is 17.2 Å². The number of hydrogen-bond acceptors (Lipinski definition) is 4. The summed E-state index contributed by atoms with van der Waals surface area (Å²) in [7, 11) is 0. The summed E-state index contributed by atoms with van der Waals surface area (Å²) >= 11 is 0. The summed E-state index contributed by atoms with van der Waals surface area (Å²) in [5.74, 6) is 1.47. The first-order chi connectivity index (χ1) is 10.6. The Morgan fingerprint density at radius 1 is 1.36 bits per heavy atom. The molecule has 6 heteroatoms. The van der Waals surface area contributed by atoms with Crippen LogP contribution in [0.3, 0.4) is 0 Å². The van der Waals surface area contributed by atoms with Crippen LogP contribution in [0.2, 0.25) is 0 Å². The molecule has 2 aliphatic rings. The number of nitrogens with two attached hydrogens (primary N) is 1. The average Bonchev–Trinajstić information content (AvgIpc) is 2.83. The van der Waals surface area contributed by atoms with Crippen LogP contribution in [0.5, 0.6) is 0 Å². The van der Waals surface area contributed by atoms with Crippen LogP contribution in [0, 0.1) is 25.7 Å². The van der Waals surface area contributed by atoms with Gasteiger partial charge in [-0.15, -0.1) is 0 Å². The van der Waals surface area contributed by atoms with Gasteiger partial charge < -0.3 is 19.9 Å². The molecule has 2 N–H and O–H groups in total. The van der Waals surface area contributed by atoms with Gasteiger partial charge in [0.05, 0.1) is 18.2 Å². The minimum absolute atomic E-state index is 0.0763. The summed E-state index contributed by atoms with van der Waals surface area (Å²) < 4.78 is 7.63. The number of hydrogen-bond donors (Lipinski definition) is 1. The van der Waals surface area contributed by atoms with Gasteiger partial charge in [0.15, 0.2) is 0 Å². The molecule has 6 nitrogen and oxygen atoms in total. The third-order valence-corrected chi connectivity index (χ3v) is 5.18. The van der Waals surface area contributed by atoms with E-state index in [2.05, 4.69) is 16.5 Å². The number of nitrogens with zero attached hydrogens (tertiary/aromatic N) is 3. The average molecular weight is 306 g/mol. The number of aryl methyl sites for hydroxylation is 1. The Morgan fingerprint density at radius 3 is 2.77 bits per heavy atom. The van der Waals surface area contributed by atoms with Crippen molar-refractivity contribution in [1.29, 1.82) is 0 Å². The molecule has 0 saturated carbocycles. The first kappa shape index (κ1) is 15.5. The maximum atomic E-state index is 12.9. The molecule has 0 bridgehead atoms. The normalized spacial score (nSPS) is 20.8. The Labute approximate surface area is 131 Å². The smallest absolute Gasteiger partial charge is 0.227 e. The summed E-state index contributed by atoms with van der Waals surface area (Å²) in [6.07, 6.45) is 1.88. The van der Waals surface area contributed by atoms with Crippen LogP contribution in [0.4, 0.5) is 0 Å². The van der Waals surface area contributed by atoms with E-state index in [9.17, 15) is 4.79 Å². The lowest BCUT2D eigenvalue weighted by Crippen LogP contribution is -2.46. The van der Waals surface area contributed by atoms with Gasteiger partial charge in [-0.1, -0.05) is 0 Å². The van der Waals surface area contributed by atoms with Crippen LogP contribution in [-0.4, -0.2) is 46.7 Å². The fourth-order valence-electron chi connectivity index (χ4n) is 3.65. The van der Waals surface area contributed by atoms with Crippen LogP contribution >= 0.6 is 0 Å². The number of ether oxygens (including phenoxy) is 1. The molecule has 1 unspecified atom stereocenters. The van der Waals surface area contributed by atoms with Crippen molar-refractivity contribution in [3.8, 4) is 0 Å². The van der Waals surface area contributed by atoms with Crippen molar-refractivity contribution >= 4 is 5.91 Å². The predicted molar refractivity (Wildman–Crippen MR) is 83.2 cm³/mol. The van der Waals surface area contributed by atoms with Gasteiger partial charge in [-0.25, -0.2) is 4.98 Å². The second-order valence-corrected chi connectivity index (χ2v) is 6.40. The highest BCUT2D eigenvalue weighted by molar-refractivity contribution is 5.79. The molecule has 1 saturated heterocycles. The SMILES string of the molecule is Cc1nc2n(c1C)CCN(C(=O)C(CN)C1CCOCC1)C2. The first-order valence-electron chi connectivity index (χ1n) is 8.21. The largest absolute Gasteiger partial charge is 0.381 e. The molecule has 0 aliphatic carbocycles. The third-order valence-electron chi connectivity index (χ3n) is 5.18. The van der Waals surface area contributed by atoms with E-state index in [-0.39, 0.29) is 11.8 Å². The number of amides is 1. The fraction of sp³-hybridized carbons (Fsp3) is 0.750. The Kier molecular flexibility index (Phi) is 4.49. The summed E-state index contributed by atoms with van der Waals surface area (Å²) in [6.45, 7) is 8.22. The Balaban J connectivity index is 1.72. The molecule has 3 heterocycles. The van der Waals surface area contributed by atoms with Gasteiger partial charge in [0, 0.05) is 38.5 Å². The van der Waals surface area contributed by atoms with Gasteiger partial charge in [0.25, 0.3) is 0 Å². The maximum absolute atomic E-state index is 12.9. The third kappa shape index (κ3) is 2.77. The van der Waals surface area contributed by atoms with Gasteiger partial charge in [0.2, 0.25) is 5.91 Å². The van der Waals surface area contributed by atoms with Crippen molar-refractivity contribution in [2.24, 2.45) is 17.6 Å². The van der Waals surface area contributed by atoms with Gasteiger partial charge in [-0.3, -0.25) is 4.79 Å². The number of fused-ring (bicyclic) bond motifs is 1. The summed E-state index contributed by atoms with van der Waals surface area (Å²) in [5, 5.41) is 0. The van der Waals surface area contributed by atoms with E-state index in [1.165, 1.54) is 5.69 Å².